The first-order chi connectivity index (χ1) is 12.1. The van der Waals surface area contributed by atoms with E-state index >= 15 is 0 Å². The summed E-state index contributed by atoms with van der Waals surface area (Å²) in [5.74, 6) is 0.618. The summed E-state index contributed by atoms with van der Waals surface area (Å²) in [7, 11) is 0.716. The molecule has 0 bridgehead atoms. The molecule has 0 saturated heterocycles. The van der Waals surface area contributed by atoms with E-state index in [9.17, 15) is 0 Å². The fraction of sp³-hybridized carbons (Fsp3) is 0.190. The molecular formula is C21H20BN2O2. The number of pyridine rings is 1. The van der Waals surface area contributed by atoms with E-state index in [1.165, 1.54) is 27.7 Å². The molecule has 2 aromatic heterocycles. The molecule has 0 amide bonds. The van der Waals surface area contributed by atoms with Crippen LogP contribution < -0.4 is 4.65 Å². The first-order valence-corrected chi connectivity index (χ1v) is 8.28. The molecule has 1 aliphatic rings. The number of hydrogen-bond acceptors (Lipinski definition) is 3. The summed E-state index contributed by atoms with van der Waals surface area (Å²) in [5, 5.41) is 11.2. The van der Waals surface area contributed by atoms with Crippen molar-refractivity contribution in [3.63, 3.8) is 0 Å². The standard InChI is InChI=1S/C20H16BN2O2.CH4/c1-20(2)15-5-3-4-13-14-10-12(25-21-24)6-7-17(14)23(19(13)15)18-8-9-22-11-16(18)20;/h3-11,24H,1-2H3;1H4. The number of rotatable bonds is 2. The third kappa shape index (κ3) is 1.98. The van der Waals surface area contributed by atoms with Crippen molar-refractivity contribution in [2.45, 2.75) is 26.7 Å². The molecule has 3 heterocycles. The van der Waals surface area contributed by atoms with Gasteiger partial charge in [0.2, 0.25) is 0 Å². The monoisotopic (exact) mass is 343 g/mol. The normalized spacial score (nSPS) is 14.0. The van der Waals surface area contributed by atoms with Gasteiger partial charge in [-0.1, -0.05) is 39.5 Å². The highest BCUT2D eigenvalue weighted by Crippen LogP contribution is 2.47. The van der Waals surface area contributed by atoms with Gasteiger partial charge in [-0.25, -0.2) is 0 Å². The lowest BCUT2D eigenvalue weighted by Crippen LogP contribution is -2.26. The zero-order chi connectivity index (χ0) is 17.2. The SMILES string of the molecule is C.CC1(C)c2cnccc2-n2c3ccc(O[B]O)cc3c3cccc1c32. The quantitative estimate of drug-likeness (QED) is 0.550. The smallest absolute Gasteiger partial charge is 0.537 e. The van der Waals surface area contributed by atoms with Crippen LogP contribution in [-0.4, -0.2) is 22.3 Å². The van der Waals surface area contributed by atoms with E-state index in [4.69, 9.17) is 9.68 Å². The second-order valence-corrected chi connectivity index (χ2v) is 6.96. The number of benzene rings is 2. The predicted octanol–water partition coefficient (Wildman–Crippen LogP) is 4.36. The fourth-order valence-corrected chi connectivity index (χ4v) is 4.15. The second kappa shape index (κ2) is 5.61. The number of hydrogen-bond donors (Lipinski definition) is 1. The summed E-state index contributed by atoms with van der Waals surface area (Å²) in [5.41, 5.74) is 5.91. The summed E-state index contributed by atoms with van der Waals surface area (Å²) in [6.45, 7) is 4.50. The molecule has 0 saturated carbocycles. The van der Waals surface area contributed by atoms with Crippen LogP contribution in [0.5, 0.6) is 5.75 Å². The van der Waals surface area contributed by atoms with Crippen molar-refractivity contribution in [2.24, 2.45) is 0 Å². The predicted molar refractivity (Wildman–Crippen MR) is 106 cm³/mol. The van der Waals surface area contributed by atoms with E-state index in [1.54, 1.807) is 0 Å². The zero-order valence-electron chi connectivity index (χ0n) is 14.0. The lowest BCUT2D eigenvalue weighted by atomic mass is 9.75. The highest BCUT2D eigenvalue weighted by molar-refractivity contribution is 6.18. The van der Waals surface area contributed by atoms with Gasteiger partial charge >= 0.3 is 7.69 Å². The fourth-order valence-electron chi connectivity index (χ4n) is 4.15. The van der Waals surface area contributed by atoms with Crippen molar-refractivity contribution >= 4 is 29.5 Å². The van der Waals surface area contributed by atoms with Crippen molar-refractivity contribution in [1.29, 1.82) is 0 Å². The summed E-state index contributed by atoms with van der Waals surface area (Å²) in [6, 6.07) is 14.4. The average Bonchev–Trinajstić information content (AvgIpc) is 2.95. The van der Waals surface area contributed by atoms with Crippen LogP contribution in [0.1, 0.15) is 32.4 Å². The van der Waals surface area contributed by atoms with E-state index in [1.807, 2.05) is 30.6 Å². The van der Waals surface area contributed by atoms with Crippen LogP contribution in [0.25, 0.3) is 27.5 Å². The number of nitrogens with zero attached hydrogens (tertiary/aromatic N) is 2. The molecule has 0 aliphatic carbocycles. The molecule has 5 heteroatoms. The van der Waals surface area contributed by atoms with Crippen molar-refractivity contribution in [1.82, 2.24) is 9.55 Å². The van der Waals surface area contributed by atoms with Gasteiger partial charge in [0.1, 0.15) is 5.75 Å². The molecule has 4 nitrogen and oxygen atoms in total. The Kier molecular flexibility index (Phi) is 3.60. The van der Waals surface area contributed by atoms with Crippen LogP contribution >= 0.6 is 0 Å². The molecule has 0 spiro atoms. The molecule has 26 heavy (non-hydrogen) atoms. The van der Waals surface area contributed by atoms with Gasteiger partial charge < -0.3 is 14.2 Å². The van der Waals surface area contributed by atoms with Crippen LogP contribution in [-0.2, 0) is 5.41 Å². The van der Waals surface area contributed by atoms with Crippen LogP contribution in [0.3, 0.4) is 0 Å². The molecule has 2 aromatic carbocycles. The van der Waals surface area contributed by atoms with Crippen LogP contribution in [0.15, 0.2) is 54.9 Å². The van der Waals surface area contributed by atoms with Gasteiger partial charge in [0.25, 0.3) is 0 Å². The van der Waals surface area contributed by atoms with Gasteiger partial charge in [0, 0.05) is 34.1 Å². The largest absolute Gasteiger partial charge is 0.569 e. The molecule has 1 aliphatic heterocycles. The Labute approximate surface area is 153 Å². The number of aromatic nitrogens is 2. The van der Waals surface area contributed by atoms with Crippen molar-refractivity contribution < 1.29 is 9.68 Å². The molecular weight excluding hydrogens is 323 g/mol. The van der Waals surface area contributed by atoms with Crippen LogP contribution in [0.2, 0.25) is 0 Å². The molecule has 0 unspecified atom stereocenters. The minimum absolute atomic E-state index is 0. The van der Waals surface area contributed by atoms with Gasteiger partial charge in [-0.05, 0) is 29.8 Å². The molecule has 0 fully saturated rings. The van der Waals surface area contributed by atoms with Gasteiger partial charge in [-0.15, -0.1) is 0 Å². The molecule has 1 N–H and O–H groups in total. The van der Waals surface area contributed by atoms with Gasteiger partial charge in [-0.3, -0.25) is 4.98 Å². The summed E-state index contributed by atoms with van der Waals surface area (Å²) >= 11 is 0. The molecule has 1 radical (unpaired) electrons. The lowest BCUT2D eigenvalue weighted by molar-refractivity contribution is 0.454. The Morgan fingerprint density at radius 1 is 1.08 bits per heavy atom. The Hall–Kier alpha value is -2.79. The Morgan fingerprint density at radius 3 is 2.73 bits per heavy atom. The summed E-state index contributed by atoms with van der Waals surface area (Å²) in [4.78, 5) is 4.37. The highest BCUT2D eigenvalue weighted by atomic mass is 16.5. The third-order valence-corrected chi connectivity index (χ3v) is 5.33. The first kappa shape index (κ1) is 16.7. The number of para-hydroxylation sites is 1. The van der Waals surface area contributed by atoms with Crippen molar-refractivity contribution in [3.05, 3.63) is 66.0 Å². The molecule has 5 rings (SSSR count). The Bertz CT molecular complexity index is 1150. The lowest BCUT2D eigenvalue weighted by Gasteiger charge is -2.34. The Balaban J connectivity index is 0.00000168. The van der Waals surface area contributed by atoms with Crippen molar-refractivity contribution in [3.8, 4) is 11.4 Å². The van der Waals surface area contributed by atoms with E-state index in [-0.39, 0.29) is 12.8 Å². The topological polar surface area (TPSA) is 47.3 Å². The average molecular weight is 343 g/mol. The van der Waals surface area contributed by atoms with Gasteiger partial charge in [0.05, 0.1) is 16.7 Å². The van der Waals surface area contributed by atoms with Gasteiger partial charge in [0.15, 0.2) is 0 Å². The highest BCUT2D eigenvalue weighted by Gasteiger charge is 2.35. The molecule has 4 aromatic rings. The van der Waals surface area contributed by atoms with Crippen LogP contribution in [0.4, 0.5) is 0 Å². The minimum Gasteiger partial charge on any atom is -0.537 e. The maximum absolute atomic E-state index is 8.95. The van der Waals surface area contributed by atoms with E-state index in [0.717, 1.165) is 10.9 Å². The number of fused-ring (bicyclic) bond motifs is 5. The molecule has 0 atom stereocenters. The first-order valence-electron chi connectivity index (χ1n) is 8.28. The minimum atomic E-state index is -0.119. The zero-order valence-corrected chi connectivity index (χ0v) is 14.0. The summed E-state index contributed by atoms with van der Waals surface area (Å²) < 4.78 is 7.49. The second-order valence-electron chi connectivity index (χ2n) is 6.96. The Morgan fingerprint density at radius 2 is 1.92 bits per heavy atom. The maximum Gasteiger partial charge on any atom is 0.569 e. The third-order valence-electron chi connectivity index (χ3n) is 5.33. The van der Waals surface area contributed by atoms with E-state index < -0.39 is 0 Å². The summed E-state index contributed by atoms with van der Waals surface area (Å²) in [6.07, 6.45) is 3.82. The maximum atomic E-state index is 8.95. The van der Waals surface area contributed by atoms with E-state index in [0.29, 0.717) is 13.4 Å². The van der Waals surface area contributed by atoms with Gasteiger partial charge in [-0.2, -0.15) is 0 Å². The van der Waals surface area contributed by atoms with Crippen molar-refractivity contribution in [2.75, 3.05) is 0 Å². The van der Waals surface area contributed by atoms with Crippen LogP contribution in [0, 0.1) is 0 Å². The molecule has 129 valence electrons. The van der Waals surface area contributed by atoms with E-state index in [2.05, 4.69) is 47.7 Å².